The summed E-state index contributed by atoms with van der Waals surface area (Å²) in [5.74, 6) is 0.339. The number of hydrogen-bond acceptors (Lipinski definition) is 7. The van der Waals surface area contributed by atoms with Crippen molar-refractivity contribution < 1.29 is 19.1 Å². The van der Waals surface area contributed by atoms with Crippen LogP contribution in [0.2, 0.25) is 0 Å². The monoisotopic (exact) mass is 436 g/mol. The molecule has 6 rings (SSSR count). The number of halogens is 1. The van der Waals surface area contributed by atoms with E-state index < -0.39 is 17.8 Å². The minimum Gasteiger partial charge on any atom is -0.391 e. The Morgan fingerprint density at radius 2 is 2.19 bits per heavy atom. The number of carbonyl (C=O) groups is 2. The van der Waals surface area contributed by atoms with Gasteiger partial charge < -0.3 is 10.4 Å². The van der Waals surface area contributed by atoms with Crippen LogP contribution in [0, 0.1) is 11.3 Å². The zero-order valence-electron chi connectivity index (χ0n) is 17.1. The van der Waals surface area contributed by atoms with Crippen LogP contribution < -0.4 is 15.5 Å². The van der Waals surface area contributed by atoms with E-state index >= 15 is 4.39 Å². The number of aldehydes is 1. The molecule has 164 valence electrons. The van der Waals surface area contributed by atoms with Crippen molar-refractivity contribution in [3.05, 3.63) is 41.2 Å². The molecular formula is C22H21FN6O3. The lowest BCUT2D eigenvalue weighted by Gasteiger charge is -2.52. The van der Waals surface area contributed by atoms with Crippen molar-refractivity contribution in [1.82, 2.24) is 9.97 Å². The van der Waals surface area contributed by atoms with Crippen molar-refractivity contribution in [2.75, 3.05) is 15.5 Å². The highest BCUT2D eigenvalue weighted by Crippen LogP contribution is 2.55. The number of nitrogens with one attached hydrogen (secondary N) is 2. The summed E-state index contributed by atoms with van der Waals surface area (Å²) in [5.41, 5.74) is -0.355. The van der Waals surface area contributed by atoms with Crippen LogP contribution in [-0.4, -0.2) is 45.6 Å². The Kier molecular flexibility index (Phi) is 4.78. The molecule has 2 aliphatic heterocycles. The number of aliphatic hydroxyl groups excluding tert-OH is 1. The van der Waals surface area contributed by atoms with Gasteiger partial charge in [-0.25, -0.2) is 19.2 Å². The van der Waals surface area contributed by atoms with Gasteiger partial charge in [0.25, 0.3) is 0 Å². The highest BCUT2D eigenvalue weighted by molar-refractivity contribution is 6.03. The zero-order valence-corrected chi connectivity index (χ0v) is 17.1. The van der Waals surface area contributed by atoms with E-state index in [1.165, 1.54) is 23.2 Å². The van der Waals surface area contributed by atoms with E-state index in [-0.39, 0.29) is 42.3 Å². The van der Waals surface area contributed by atoms with Crippen LogP contribution in [-0.2, 0) is 5.67 Å². The summed E-state index contributed by atoms with van der Waals surface area (Å²) in [6, 6.07) is 5.46. The predicted molar refractivity (Wildman–Crippen MR) is 113 cm³/mol. The number of anilines is 3. The maximum Gasteiger partial charge on any atom is 0.328 e. The minimum absolute atomic E-state index is 0.115. The third-order valence-corrected chi connectivity index (χ3v) is 6.51. The zero-order chi connectivity index (χ0) is 22.5. The van der Waals surface area contributed by atoms with Gasteiger partial charge in [0, 0.05) is 36.7 Å². The molecule has 2 unspecified atom stereocenters. The Morgan fingerprint density at radius 3 is 2.88 bits per heavy atom. The van der Waals surface area contributed by atoms with Gasteiger partial charge in [-0.2, -0.15) is 5.26 Å². The van der Waals surface area contributed by atoms with Crippen LogP contribution in [0.25, 0.3) is 0 Å². The third-order valence-electron chi connectivity index (χ3n) is 6.51. The second-order valence-corrected chi connectivity index (χ2v) is 8.53. The average molecular weight is 436 g/mol. The Labute approximate surface area is 183 Å². The van der Waals surface area contributed by atoms with Crippen molar-refractivity contribution in [2.45, 2.75) is 56.0 Å². The number of aromatic nitrogens is 2. The normalized spacial score (nSPS) is 27.7. The van der Waals surface area contributed by atoms with Crippen LogP contribution in [0.3, 0.4) is 0 Å². The fourth-order valence-corrected chi connectivity index (χ4v) is 4.80. The molecule has 2 fully saturated rings. The Morgan fingerprint density at radius 1 is 1.38 bits per heavy atom. The Hall–Kier alpha value is -3.58. The summed E-state index contributed by atoms with van der Waals surface area (Å²) < 4.78 is 15.0. The van der Waals surface area contributed by atoms with Crippen molar-refractivity contribution in [3.8, 4) is 6.07 Å². The molecular weight excluding hydrogens is 415 g/mol. The maximum atomic E-state index is 15.0. The van der Waals surface area contributed by atoms with Crippen LogP contribution in [0.15, 0.2) is 24.4 Å². The van der Waals surface area contributed by atoms with Gasteiger partial charge in [-0.15, -0.1) is 0 Å². The van der Waals surface area contributed by atoms with Gasteiger partial charge in [0.15, 0.2) is 6.29 Å². The van der Waals surface area contributed by atoms with Gasteiger partial charge in [-0.05, 0) is 31.4 Å². The van der Waals surface area contributed by atoms with Crippen molar-refractivity contribution in [1.29, 1.82) is 5.26 Å². The van der Waals surface area contributed by atoms with Gasteiger partial charge in [0.1, 0.15) is 29.1 Å². The van der Waals surface area contributed by atoms with E-state index in [1.807, 2.05) is 0 Å². The van der Waals surface area contributed by atoms with E-state index in [9.17, 15) is 20.0 Å². The Bertz CT molecular complexity index is 1140. The highest BCUT2D eigenvalue weighted by Gasteiger charge is 2.57. The van der Waals surface area contributed by atoms with Gasteiger partial charge >= 0.3 is 6.03 Å². The van der Waals surface area contributed by atoms with Crippen molar-refractivity contribution >= 4 is 29.6 Å². The summed E-state index contributed by atoms with van der Waals surface area (Å²) in [7, 11) is 0. The van der Waals surface area contributed by atoms with Gasteiger partial charge in [-0.1, -0.05) is 0 Å². The van der Waals surface area contributed by atoms with Gasteiger partial charge in [-0.3, -0.25) is 15.0 Å². The van der Waals surface area contributed by atoms with Crippen LogP contribution in [0.4, 0.5) is 26.5 Å². The van der Waals surface area contributed by atoms with Crippen LogP contribution >= 0.6 is 0 Å². The number of pyridine rings is 2. The molecule has 2 amide bonds. The predicted octanol–water partition coefficient (Wildman–Crippen LogP) is 2.87. The number of aliphatic hydroxyl groups is 1. The first-order valence-electron chi connectivity index (χ1n) is 10.5. The van der Waals surface area contributed by atoms with E-state index in [4.69, 9.17) is 0 Å². The van der Waals surface area contributed by atoms with Crippen LogP contribution in [0.1, 0.15) is 53.7 Å². The first kappa shape index (κ1) is 20.3. The van der Waals surface area contributed by atoms with Crippen LogP contribution in [0.5, 0.6) is 0 Å². The molecule has 10 heteroatoms. The van der Waals surface area contributed by atoms with E-state index in [0.717, 1.165) is 12.8 Å². The molecule has 2 bridgehead atoms. The fourth-order valence-electron chi connectivity index (χ4n) is 4.80. The summed E-state index contributed by atoms with van der Waals surface area (Å²) in [4.78, 5) is 34.0. The Balaban J connectivity index is 1.41. The summed E-state index contributed by atoms with van der Waals surface area (Å²) in [5, 5.41) is 25.4. The fraction of sp³-hybridized carbons (Fsp3) is 0.409. The molecule has 2 atom stereocenters. The van der Waals surface area contributed by atoms with E-state index in [1.54, 1.807) is 6.07 Å². The second kappa shape index (κ2) is 7.53. The molecule has 2 aromatic rings. The minimum atomic E-state index is -1.53. The van der Waals surface area contributed by atoms with Crippen molar-refractivity contribution in [2.24, 2.45) is 0 Å². The molecule has 0 spiro atoms. The number of nitriles is 1. The number of rotatable bonds is 4. The number of alkyl halides is 1. The number of nitrogens with zero attached hydrogens (tertiary/aromatic N) is 4. The maximum absolute atomic E-state index is 15.0. The van der Waals surface area contributed by atoms with E-state index in [2.05, 4.69) is 26.7 Å². The number of urea groups is 1. The highest BCUT2D eigenvalue weighted by atomic mass is 19.1. The standard InChI is InChI=1S/C22H21FN6O3/c23-22-7-14(8-22)29(20-15(22)5-4-13(11-30)26-20)21(32)28-19-6-17(12(9-24)10-25-19)27-16-2-1-3-18(16)31/h4-6,10-11,14,16,18,31H,1-3,7-8H2,(H2,25,27,28,32). The lowest BCUT2D eigenvalue weighted by Crippen LogP contribution is -2.60. The largest absolute Gasteiger partial charge is 0.391 e. The average Bonchev–Trinajstić information content (AvgIpc) is 3.17. The molecule has 4 heterocycles. The molecule has 0 saturated heterocycles. The van der Waals surface area contributed by atoms with Gasteiger partial charge in [0.05, 0.1) is 23.4 Å². The lowest BCUT2D eigenvalue weighted by atomic mass is 9.69. The third kappa shape index (κ3) is 3.26. The van der Waals surface area contributed by atoms with Gasteiger partial charge in [0.2, 0.25) is 0 Å². The quantitative estimate of drug-likeness (QED) is 0.628. The first-order valence-corrected chi connectivity index (χ1v) is 10.5. The molecule has 32 heavy (non-hydrogen) atoms. The van der Waals surface area contributed by atoms with E-state index in [0.29, 0.717) is 29.5 Å². The molecule has 9 nitrogen and oxygen atoms in total. The smallest absolute Gasteiger partial charge is 0.328 e. The molecule has 2 aliphatic carbocycles. The summed E-state index contributed by atoms with van der Waals surface area (Å²) >= 11 is 0. The molecule has 2 aromatic heterocycles. The SMILES string of the molecule is N#Cc1cnc(NC(=O)N2c3nc(C=O)ccc3C3(F)CC2C3)cc1NC1CCCC1O. The molecule has 0 aromatic carbocycles. The first-order chi connectivity index (χ1) is 15.4. The molecule has 2 saturated carbocycles. The number of amides is 2. The van der Waals surface area contributed by atoms with Crippen molar-refractivity contribution in [3.63, 3.8) is 0 Å². The lowest BCUT2D eigenvalue weighted by molar-refractivity contribution is 0.0284. The number of carbonyl (C=O) groups excluding carboxylic acids is 2. The second-order valence-electron chi connectivity index (χ2n) is 8.53. The number of hydrogen-bond donors (Lipinski definition) is 3. The summed E-state index contributed by atoms with van der Waals surface area (Å²) in [6.45, 7) is 0. The molecule has 0 radical (unpaired) electrons. The topological polar surface area (TPSA) is 131 Å². The molecule has 4 aliphatic rings. The summed E-state index contributed by atoms with van der Waals surface area (Å²) in [6.07, 6.45) is 4.09. The molecule has 3 N–H and O–H groups in total.